The zero-order chi connectivity index (χ0) is 42.8. The summed E-state index contributed by atoms with van der Waals surface area (Å²) in [6, 6.07) is 0. The average molecular weight is 792 g/mol. The van der Waals surface area contributed by atoms with E-state index in [2.05, 4.69) is 104 Å². The lowest BCUT2D eigenvalue weighted by Crippen LogP contribution is -2.28. The van der Waals surface area contributed by atoms with Gasteiger partial charge in [-0.05, 0) is 127 Å². The van der Waals surface area contributed by atoms with Crippen molar-refractivity contribution in [2.24, 2.45) is 50.2 Å². The molecule has 5 aliphatic rings. The molecule has 5 saturated carbocycles. The minimum atomic E-state index is 0. The Balaban J connectivity index is -0.000000610. The highest BCUT2D eigenvalue weighted by atomic mass is 14.4. The standard InChI is InChI=1S/C11H22.4C10H20.2C2H6.CH4/c1-5-11(4)8-6-10(2,3)7-9-11;1-4-10(3)7-5-9(2)6-8-10;1-4-10(3)7-5-6-9(2)8-10;1-4-10(3)8-6-5-7-9(10)2;1-3-7-10(2)8-5-4-6-9-10;2*1-2;/h5-9H2,1-4H3;3*9H,4-8H2,1-3H3;3-9H2,1-2H3;2*1-2H3;1H4. The van der Waals surface area contributed by atoms with Crippen LogP contribution in [-0.2, 0) is 0 Å². The number of hydrogen-bond acceptors (Lipinski definition) is 0. The number of rotatable bonds is 6. The molecule has 5 aliphatic carbocycles. The molecule has 0 aliphatic heterocycles. The topological polar surface area (TPSA) is 0 Å². The molecule has 0 aromatic rings. The Morgan fingerprint density at radius 3 is 1.21 bits per heavy atom. The molecular weight excluding hydrogens is 673 g/mol. The summed E-state index contributed by atoms with van der Waals surface area (Å²) in [7, 11) is 0. The van der Waals surface area contributed by atoms with Gasteiger partial charge in [-0.15, -0.1) is 0 Å². The average Bonchev–Trinajstić information content (AvgIpc) is 3.18. The smallest absolute Gasteiger partial charge is 0.0303 e. The number of hydrogen-bond donors (Lipinski definition) is 0. The highest BCUT2D eigenvalue weighted by Crippen LogP contribution is 2.47. The molecule has 0 amide bonds. The van der Waals surface area contributed by atoms with Crippen LogP contribution in [0, 0.1) is 50.2 Å². The van der Waals surface area contributed by atoms with Crippen LogP contribution in [0.4, 0.5) is 0 Å². The minimum Gasteiger partial charge on any atom is -0.0776 e. The maximum Gasteiger partial charge on any atom is -0.0303 e. The van der Waals surface area contributed by atoms with Crippen LogP contribution in [0.15, 0.2) is 0 Å². The minimum absolute atomic E-state index is 0. The second-order valence-electron chi connectivity index (χ2n) is 22.3. The van der Waals surface area contributed by atoms with Gasteiger partial charge >= 0.3 is 0 Å². The lowest BCUT2D eigenvalue weighted by molar-refractivity contribution is 0.113. The predicted molar refractivity (Wildman–Crippen MR) is 264 cm³/mol. The van der Waals surface area contributed by atoms with E-state index in [0.29, 0.717) is 27.1 Å². The molecule has 0 N–H and O–H groups in total. The van der Waals surface area contributed by atoms with E-state index in [0.717, 1.165) is 23.2 Å². The molecule has 0 aromatic carbocycles. The molecule has 0 heteroatoms. The summed E-state index contributed by atoms with van der Waals surface area (Å²) in [5, 5.41) is 0. The first kappa shape index (κ1) is 60.3. The van der Waals surface area contributed by atoms with Crippen molar-refractivity contribution in [2.45, 2.75) is 312 Å². The van der Waals surface area contributed by atoms with Gasteiger partial charge in [0.05, 0.1) is 0 Å². The second kappa shape index (κ2) is 30.9. The van der Waals surface area contributed by atoms with Crippen molar-refractivity contribution in [3.8, 4) is 0 Å². The zero-order valence-corrected chi connectivity index (χ0v) is 42.8. The molecule has 0 spiro atoms. The quantitative estimate of drug-likeness (QED) is 0.251. The molecule has 342 valence electrons. The molecule has 4 atom stereocenters. The fraction of sp³-hybridized carbons (Fsp3) is 1.00. The third-order valence-corrected chi connectivity index (χ3v) is 16.7. The predicted octanol–water partition coefficient (Wildman–Crippen LogP) is 21.3. The van der Waals surface area contributed by atoms with Crippen molar-refractivity contribution >= 4 is 0 Å². The van der Waals surface area contributed by atoms with Crippen LogP contribution in [0.2, 0.25) is 0 Å². The molecule has 0 heterocycles. The van der Waals surface area contributed by atoms with E-state index >= 15 is 0 Å². The largest absolute Gasteiger partial charge is 0.0776 e. The van der Waals surface area contributed by atoms with Gasteiger partial charge in [-0.2, -0.15) is 0 Å². The van der Waals surface area contributed by atoms with Gasteiger partial charge in [-0.3, -0.25) is 0 Å². The van der Waals surface area contributed by atoms with Crippen LogP contribution < -0.4 is 0 Å². The molecule has 5 rings (SSSR count). The van der Waals surface area contributed by atoms with Crippen molar-refractivity contribution < 1.29 is 0 Å². The van der Waals surface area contributed by atoms with Gasteiger partial charge in [-0.25, -0.2) is 0 Å². The van der Waals surface area contributed by atoms with Crippen molar-refractivity contribution in [1.82, 2.24) is 0 Å². The van der Waals surface area contributed by atoms with Gasteiger partial charge in [0, 0.05) is 0 Å². The molecular formula is C56H118. The van der Waals surface area contributed by atoms with Crippen molar-refractivity contribution in [3.05, 3.63) is 0 Å². The normalized spacial score (nSPS) is 32.5. The van der Waals surface area contributed by atoms with Gasteiger partial charge in [-0.1, -0.05) is 235 Å². The van der Waals surface area contributed by atoms with Crippen molar-refractivity contribution in [3.63, 3.8) is 0 Å². The van der Waals surface area contributed by atoms with Gasteiger partial charge in [0.1, 0.15) is 0 Å². The summed E-state index contributed by atoms with van der Waals surface area (Å²) < 4.78 is 0. The molecule has 4 unspecified atom stereocenters. The van der Waals surface area contributed by atoms with Crippen LogP contribution in [0.1, 0.15) is 312 Å². The van der Waals surface area contributed by atoms with Crippen LogP contribution >= 0.6 is 0 Å². The molecule has 0 saturated heterocycles. The highest BCUT2D eigenvalue weighted by molar-refractivity contribution is 4.85. The first-order chi connectivity index (χ1) is 25.8. The molecule has 5 fully saturated rings. The Kier molecular flexibility index (Phi) is 33.3. The zero-order valence-electron chi connectivity index (χ0n) is 42.8. The van der Waals surface area contributed by atoms with Crippen molar-refractivity contribution in [2.75, 3.05) is 0 Å². The van der Waals surface area contributed by atoms with E-state index in [-0.39, 0.29) is 7.43 Å². The summed E-state index contributed by atoms with van der Waals surface area (Å²) in [5.74, 6) is 2.95. The van der Waals surface area contributed by atoms with Crippen LogP contribution in [0.25, 0.3) is 0 Å². The SMILES string of the molecule is C.CC.CC.CCC1(C)CCC(C)(C)CC1.CCC1(C)CCC(C)CC1.CCC1(C)CCCC(C)C1.CCC1(C)CCCCC1C.CCCC1(C)CCCCC1. The van der Waals surface area contributed by atoms with Gasteiger partial charge in [0.25, 0.3) is 0 Å². The molecule has 0 bridgehead atoms. The summed E-state index contributed by atoms with van der Waals surface area (Å²) in [6.07, 6.45) is 39.0. The maximum absolute atomic E-state index is 2.47. The van der Waals surface area contributed by atoms with Crippen LogP contribution in [0.5, 0.6) is 0 Å². The highest BCUT2D eigenvalue weighted by Gasteiger charge is 2.34. The molecule has 0 nitrogen and oxygen atoms in total. The van der Waals surface area contributed by atoms with E-state index < -0.39 is 0 Å². The monoisotopic (exact) mass is 791 g/mol. The van der Waals surface area contributed by atoms with E-state index in [4.69, 9.17) is 0 Å². The Morgan fingerprint density at radius 1 is 0.393 bits per heavy atom. The lowest BCUT2D eigenvalue weighted by atomic mass is 9.65. The summed E-state index contributed by atoms with van der Waals surface area (Å²) in [5.41, 5.74) is 4.11. The van der Waals surface area contributed by atoms with Gasteiger partial charge < -0.3 is 0 Å². The van der Waals surface area contributed by atoms with Gasteiger partial charge in [0.15, 0.2) is 0 Å². The fourth-order valence-electron chi connectivity index (χ4n) is 10.3. The third kappa shape index (κ3) is 24.9. The van der Waals surface area contributed by atoms with Crippen LogP contribution in [-0.4, -0.2) is 0 Å². The molecule has 56 heavy (non-hydrogen) atoms. The Hall–Kier alpha value is 0. The molecule has 0 aromatic heterocycles. The fourth-order valence-corrected chi connectivity index (χ4v) is 10.3. The first-order valence-corrected chi connectivity index (χ1v) is 25.8. The van der Waals surface area contributed by atoms with E-state index in [9.17, 15) is 0 Å². The lowest BCUT2D eigenvalue weighted by Gasteiger charge is -2.41. The summed E-state index contributed by atoms with van der Waals surface area (Å²) in [6.45, 7) is 43.9. The summed E-state index contributed by atoms with van der Waals surface area (Å²) in [4.78, 5) is 0. The van der Waals surface area contributed by atoms with E-state index in [1.165, 1.54) is 173 Å². The maximum atomic E-state index is 2.47. The van der Waals surface area contributed by atoms with E-state index in [1.54, 1.807) is 0 Å². The Bertz CT molecular complexity index is 846. The molecule has 0 radical (unpaired) electrons. The Morgan fingerprint density at radius 2 is 0.839 bits per heavy atom. The third-order valence-electron chi connectivity index (χ3n) is 16.7. The second-order valence-corrected chi connectivity index (χ2v) is 22.3. The van der Waals surface area contributed by atoms with E-state index in [1.807, 2.05) is 27.7 Å². The first-order valence-electron chi connectivity index (χ1n) is 25.8. The van der Waals surface area contributed by atoms with Crippen molar-refractivity contribution in [1.29, 1.82) is 0 Å². The summed E-state index contributed by atoms with van der Waals surface area (Å²) >= 11 is 0. The van der Waals surface area contributed by atoms with Gasteiger partial charge in [0.2, 0.25) is 0 Å². The van der Waals surface area contributed by atoms with Crippen LogP contribution in [0.3, 0.4) is 0 Å². The Labute approximate surface area is 361 Å².